The van der Waals surface area contributed by atoms with Crippen molar-refractivity contribution in [2.24, 2.45) is 0 Å². The molecule has 5 nitrogen and oxygen atoms in total. The number of piperidine rings is 1. The van der Waals surface area contributed by atoms with Crippen molar-refractivity contribution in [3.63, 3.8) is 0 Å². The second-order valence-electron chi connectivity index (χ2n) is 9.03. The highest BCUT2D eigenvalue weighted by molar-refractivity contribution is 5.94. The Labute approximate surface area is 191 Å². The van der Waals surface area contributed by atoms with Crippen molar-refractivity contribution in [3.8, 4) is 0 Å². The zero-order valence-electron chi connectivity index (χ0n) is 19.5. The van der Waals surface area contributed by atoms with Crippen LogP contribution < -0.4 is 0 Å². The van der Waals surface area contributed by atoms with Crippen molar-refractivity contribution < 1.29 is 4.79 Å². The summed E-state index contributed by atoms with van der Waals surface area (Å²) in [5.41, 5.74) is 5.38. The van der Waals surface area contributed by atoms with E-state index in [0.29, 0.717) is 6.54 Å². The lowest BCUT2D eigenvalue weighted by atomic mass is 10.0. The molecule has 1 amide bonds. The standard InChI is InChI=1S/C27H34N4O/c1-21-17-22(2)31(28-21)19-24-11-7-12-25(18-24)27(32)29(3)26-13-8-15-30(20-26)16-14-23-9-5-4-6-10-23/h4-7,9-12,17-18,26H,8,13-16,19-20H2,1-3H3. The lowest BCUT2D eigenvalue weighted by Gasteiger charge is -2.37. The summed E-state index contributed by atoms with van der Waals surface area (Å²) in [5, 5.41) is 4.55. The van der Waals surface area contributed by atoms with Crippen LogP contribution in [-0.4, -0.2) is 58.2 Å². The Bertz CT molecular complexity index is 1040. The Morgan fingerprint density at radius 2 is 1.84 bits per heavy atom. The Kier molecular flexibility index (Phi) is 7.05. The van der Waals surface area contributed by atoms with Crippen molar-refractivity contribution in [3.05, 3.63) is 88.7 Å². The molecule has 4 rings (SSSR count). The fourth-order valence-electron chi connectivity index (χ4n) is 4.66. The van der Waals surface area contributed by atoms with E-state index in [1.807, 2.05) is 41.8 Å². The van der Waals surface area contributed by atoms with Crippen LogP contribution in [0.25, 0.3) is 0 Å². The van der Waals surface area contributed by atoms with Gasteiger partial charge in [-0.3, -0.25) is 9.48 Å². The zero-order chi connectivity index (χ0) is 22.5. The fraction of sp³-hybridized carbons (Fsp3) is 0.407. The summed E-state index contributed by atoms with van der Waals surface area (Å²) < 4.78 is 1.99. The number of amides is 1. The lowest BCUT2D eigenvalue weighted by molar-refractivity contribution is 0.0619. The molecule has 3 aromatic rings. The Balaban J connectivity index is 1.37. The molecule has 1 unspecified atom stereocenters. The highest BCUT2D eigenvalue weighted by Gasteiger charge is 2.26. The predicted molar refractivity (Wildman–Crippen MR) is 129 cm³/mol. The highest BCUT2D eigenvalue weighted by Crippen LogP contribution is 2.19. The van der Waals surface area contributed by atoms with Crippen LogP contribution in [0.2, 0.25) is 0 Å². The molecule has 1 saturated heterocycles. The topological polar surface area (TPSA) is 41.4 Å². The summed E-state index contributed by atoms with van der Waals surface area (Å²) in [5.74, 6) is 0.107. The summed E-state index contributed by atoms with van der Waals surface area (Å²) >= 11 is 0. The second-order valence-corrected chi connectivity index (χ2v) is 9.03. The molecular formula is C27H34N4O. The van der Waals surface area contributed by atoms with Gasteiger partial charge in [0, 0.05) is 37.4 Å². The van der Waals surface area contributed by atoms with Crippen molar-refractivity contribution >= 4 is 5.91 Å². The van der Waals surface area contributed by atoms with Gasteiger partial charge in [0.2, 0.25) is 0 Å². The maximum Gasteiger partial charge on any atom is 0.253 e. The molecule has 32 heavy (non-hydrogen) atoms. The molecule has 168 valence electrons. The van der Waals surface area contributed by atoms with E-state index in [9.17, 15) is 4.79 Å². The highest BCUT2D eigenvalue weighted by atomic mass is 16.2. The molecule has 5 heteroatoms. The van der Waals surface area contributed by atoms with Crippen molar-refractivity contribution in [2.45, 2.75) is 45.7 Å². The van der Waals surface area contributed by atoms with Gasteiger partial charge in [0.15, 0.2) is 0 Å². The maximum atomic E-state index is 13.3. The quantitative estimate of drug-likeness (QED) is 0.560. The largest absolute Gasteiger partial charge is 0.337 e. The Morgan fingerprint density at radius 1 is 1.06 bits per heavy atom. The second kappa shape index (κ2) is 10.1. The molecule has 2 heterocycles. The molecule has 1 atom stereocenters. The molecule has 0 radical (unpaired) electrons. The summed E-state index contributed by atoms with van der Waals surface area (Å²) in [6, 6.07) is 21.0. The predicted octanol–water partition coefficient (Wildman–Crippen LogP) is 4.33. The van der Waals surface area contributed by atoms with Gasteiger partial charge in [-0.25, -0.2) is 0 Å². The van der Waals surface area contributed by atoms with Crippen LogP contribution in [0.5, 0.6) is 0 Å². The molecule has 1 aliphatic heterocycles. The summed E-state index contributed by atoms with van der Waals surface area (Å²) in [6.45, 7) is 7.85. The molecule has 0 spiro atoms. The van der Waals surface area contributed by atoms with Crippen LogP contribution >= 0.6 is 0 Å². The molecule has 1 aromatic heterocycles. The van der Waals surface area contributed by atoms with Gasteiger partial charge in [0.25, 0.3) is 5.91 Å². The fourth-order valence-corrected chi connectivity index (χ4v) is 4.66. The molecule has 2 aromatic carbocycles. The van der Waals surface area contributed by atoms with Crippen LogP contribution in [0.4, 0.5) is 0 Å². The van der Waals surface area contributed by atoms with Gasteiger partial charge in [0.1, 0.15) is 0 Å². The smallest absolute Gasteiger partial charge is 0.253 e. The van der Waals surface area contributed by atoms with E-state index >= 15 is 0 Å². The van der Waals surface area contributed by atoms with Crippen molar-refractivity contribution in [1.29, 1.82) is 0 Å². The Hall–Kier alpha value is -2.92. The normalized spacial score (nSPS) is 16.8. The third kappa shape index (κ3) is 5.46. The zero-order valence-corrected chi connectivity index (χ0v) is 19.5. The van der Waals surface area contributed by atoms with Crippen LogP contribution in [0.1, 0.15) is 45.7 Å². The van der Waals surface area contributed by atoms with Crippen LogP contribution in [0.15, 0.2) is 60.7 Å². The number of benzene rings is 2. The first-order chi connectivity index (χ1) is 15.5. The summed E-state index contributed by atoms with van der Waals surface area (Å²) in [6.07, 6.45) is 3.25. The minimum Gasteiger partial charge on any atom is -0.337 e. The number of hydrogen-bond acceptors (Lipinski definition) is 3. The van der Waals surface area contributed by atoms with E-state index in [1.165, 1.54) is 5.56 Å². The van der Waals surface area contributed by atoms with Gasteiger partial charge in [-0.1, -0.05) is 42.5 Å². The van der Waals surface area contributed by atoms with Crippen molar-refractivity contribution in [1.82, 2.24) is 19.6 Å². The van der Waals surface area contributed by atoms with Crippen molar-refractivity contribution in [2.75, 3.05) is 26.7 Å². The van der Waals surface area contributed by atoms with Gasteiger partial charge in [0.05, 0.1) is 12.2 Å². The average Bonchev–Trinajstić information content (AvgIpc) is 3.14. The van der Waals surface area contributed by atoms with Gasteiger partial charge >= 0.3 is 0 Å². The number of carbonyl (C=O) groups excluding carboxylic acids is 1. The first kappa shape index (κ1) is 22.3. The van der Waals surface area contributed by atoms with E-state index < -0.39 is 0 Å². The molecule has 1 fully saturated rings. The molecule has 0 N–H and O–H groups in total. The van der Waals surface area contributed by atoms with Gasteiger partial charge in [-0.05, 0) is 69.0 Å². The summed E-state index contributed by atoms with van der Waals surface area (Å²) in [4.78, 5) is 17.8. The minimum absolute atomic E-state index is 0.107. The number of carbonyl (C=O) groups is 1. The number of nitrogens with zero attached hydrogens (tertiary/aromatic N) is 4. The third-order valence-electron chi connectivity index (χ3n) is 6.52. The number of aryl methyl sites for hydroxylation is 2. The SMILES string of the molecule is Cc1cc(C)n(Cc2cccc(C(=O)N(C)C3CCCN(CCc4ccccc4)C3)c2)n1. The Morgan fingerprint density at radius 3 is 2.59 bits per heavy atom. The van der Waals surface area contributed by atoms with Crippen LogP contribution in [-0.2, 0) is 13.0 Å². The van der Waals surface area contributed by atoms with Gasteiger partial charge < -0.3 is 9.80 Å². The monoisotopic (exact) mass is 430 g/mol. The number of rotatable bonds is 7. The number of hydrogen-bond donors (Lipinski definition) is 0. The maximum absolute atomic E-state index is 13.3. The number of likely N-dealkylation sites (tertiary alicyclic amines) is 1. The average molecular weight is 431 g/mol. The molecule has 1 aliphatic rings. The van der Waals surface area contributed by atoms with Crippen LogP contribution in [0, 0.1) is 13.8 Å². The number of aromatic nitrogens is 2. The van der Waals surface area contributed by atoms with E-state index in [-0.39, 0.29) is 11.9 Å². The molecule has 0 saturated carbocycles. The van der Waals surface area contributed by atoms with Crippen LogP contribution in [0.3, 0.4) is 0 Å². The third-order valence-corrected chi connectivity index (χ3v) is 6.52. The van der Waals surface area contributed by atoms with E-state index in [4.69, 9.17) is 0 Å². The summed E-state index contributed by atoms with van der Waals surface area (Å²) in [7, 11) is 1.96. The van der Waals surface area contributed by atoms with Gasteiger partial charge in [-0.15, -0.1) is 0 Å². The molecule has 0 bridgehead atoms. The molecular weight excluding hydrogens is 396 g/mol. The van der Waals surface area contributed by atoms with E-state index in [0.717, 1.165) is 61.4 Å². The van der Waals surface area contributed by atoms with E-state index in [2.05, 4.69) is 59.4 Å². The molecule has 0 aliphatic carbocycles. The number of likely N-dealkylation sites (N-methyl/N-ethyl adjacent to an activating group) is 1. The van der Waals surface area contributed by atoms with E-state index in [1.54, 1.807) is 0 Å². The van der Waals surface area contributed by atoms with Gasteiger partial charge in [-0.2, -0.15) is 5.10 Å². The minimum atomic E-state index is 0.107. The lowest BCUT2D eigenvalue weighted by Crippen LogP contribution is -2.49. The first-order valence-corrected chi connectivity index (χ1v) is 11.6. The first-order valence-electron chi connectivity index (χ1n) is 11.6.